The van der Waals surface area contributed by atoms with Crippen molar-refractivity contribution in [3.05, 3.63) is 103 Å². The summed E-state index contributed by atoms with van der Waals surface area (Å²) in [4.78, 5) is 0. The van der Waals surface area contributed by atoms with E-state index in [9.17, 15) is 5.21 Å². The molecule has 0 N–H and O–H groups in total. The minimum Gasteiger partial charge on any atom is -0.621 e. The molecular weight excluding hydrogens is 277 g/mol. The highest BCUT2D eigenvalue weighted by atomic mass is 31.1. The number of hydrogen-bond donors (Lipinski definition) is 0. The van der Waals surface area contributed by atoms with E-state index in [0.717, 1.165) is 10.6 Å². The third-order valence-electron chi connectivity index (χ3n) is 3.25. The summed E-state index contributed by atoms with van der Waals surface area (Å²) in [6, 6.07) is 20.1. The van der Waals surface area contributed by atoms with Gasteiger partial charge in [0.05, 0.1) is 0 Å². The van der Waals surface area contributed by atoms with Gasteiger partial charge < -0.3 is 5.21 Å². The van der Waals surface area contributed by atoms with Crippen molar-refractivity contribution in [2.45, 2.75) is 0 Å². The van der Waals surface area contributed by atoms with E-state index in [2.05, 4.69) is 0 Å². The maximum Gasteiger partial charge on any atom is 0.178 e. The SMILES string of the molecule is [O-][N+]1(P(c2ccccc2)c2ccccc2)C=CC=CC=C1. The monoisotopic (exact) mass is 293 g/mol. The van der Waals surface area contributed by atoms with Crippen LogP contribution in [0, 0.1) is 5.21 Å². The van der Waals surface area contributed by atoms with Gasteiger partial charge in [-0.15, -0.1) is 0 Å². The first-order chi connectivity index (χ1) is 10.3. The lowest BCUT2D eigenvalue weighted by molar-refractivity contribution is -0.629. The van der Waals surface area contributed by atoms with Gasteiger partial charge in [0.15, 0.2) is 8.07 Å². The molecule has 0 unspecified atom stereocenters. The highest BCUT2D eigenvalue weighted by Crippen LogP contribution is 2.46. The summed E-state index contributed by atoms with van der Waals surface area (Å²) in [7, 11) is -1.10. The average molecular weight is 293 g/mol. The maximum atomic E-state index is 13.4. The van der Waals surface area contributed by atoms with Gasteiger partial charge in [0.1, 0.15) is 12.4 Å². The Bertz CT molecular complexity index is 621. The minimum atomic E-state index is -1.10. The van der Waals surface area contributed by atoms with Gasteiger partial charge in [-0.2, -0.15) is 0 Å². The van der Waals surface area contributed by atoms with Gasteiger partial charge in [0.2, 0.25) is 0 Å². The number of allylic oxidation sites excluding steroid dienone is 4. The van der Waals surface area contributed by atoms with Crippen molar-refractivity contribution in [3.8, 4) is 0 Å². The van der Waals surface area contributed by atoms with Crippen molar-refractivity contribution in [2.24, 2.45) is 0 Å². The highest BCUT2D eigenvalue weighted by molar-refractivity contribution is 7.68. The van der Waals surface area contributed by atoms with E-state index in [1.54, 1.807) is 12.4 Å². The van der Waals surface area contributed by atoms with E-state index in [1.807, 2.05) is 85.0 Å². The first-order valence-corrected chi connectivity index (χ1v) is 8.13. The quantitative estimate of drug-likeness (QED) is 0.621. The van der Waals surface area contributed by atoms with Gasteiger partial charge in [-0.3, -0.25) is 4.42 Å². The molecule has 0 spiro atoms. The number of rotatable bonds is 3. The predicted octanol–water partition coefficient (Wildman–Crippen LogP) is 3.95. The summed E-state index contributed by atoms with van der Waals surface area (Å²) in [6.45, 7) is 0. The van der Waals surface area contributed by atoms with E-state index in [0.29, 0.717) is 0 Å². The van der Waals surface area contributed by atoms with Gasteiger partial charge in [-0.25, -0.2) is 0 Å². The molecule has 0 amide bonds. The van der Waals surface area contributed by atoms with Gasteiger partial charge in [-0.1, -0.05) is 48.6 Å². The fourth-order valence-electron chi connectivity index (χ4n) is 2.31. The molecule has 1 aliphatic rings. The molecule has 0 bridgehead atoms. The largest absolute Gasteiger partial charge is 0.621 e. The Morgan fingerprint density at radius 3 is 1.48 bits per heavy atom. The zero-order chi connectivity index (χ0) is 14.5. The lowest BCUT2D eigenvalue weighted by Crippen LogP contribution is -2.33. The molecule has 2 aromatic carbocycles. The molecule has 0 atom stereocenters. The molecule has 2 aromatic rings. The summed E-state index contributed by atoms with van der Waals surface area (Å²) in [5.74, 6) is 0. The topological polar surface area (TPSA) is 23.1 Å². The molecule has 0 saturated carbocycles. The van der Waals surface area contributed by atoms with Crippen LogP contribution in [0.1, 0.15) is 0 Å². The van der Waals surface area contributed by atoms with Crippen LogP contribution >= 0.6 is 8.07 Å². The van der Waals surface area contributed by atoms with Crippen molar-refractivity contribution in [1.82, 2.24) is 0 Å². The Morgan fingerprint density at radius 1 is 0.619 bits per heavy atom. The van der Waals surface area contributed by atoms with Crippen molar-refractivity contribution in [3.63, 3.8) is 0 Å². The second-order valence-corrected chi connectivity index (χ2v) is 7.00. The van der Waals surface area contributed by atoms with Crippen molar-refractivity contribution in [2.75, 3.05) is 0 Å². The third kappa shape index (κ3) is 3.03. The molecule has 0 saturated heterocycles. The molecule has 0 aromatic heterocycles. The van der Waals surface area contributed by atoms with Crippen molar-refractivity contribution in [1.29, 1.82) is 0 Å². The molecule has 104 valence electrons. The highest BCUT2D eigenvalue weighted by Gasteiger charge is 2.30. The fraction of sp³-hybridized carbons (Fsp3) is 0. The van der Waals surface area contributed by atoms with E-state index in [-0.39, 0.29) is 0 Å². The molecule has 2 nitrogen and oxygen atoms in total. The number of nitrogens with zero attached hydrogens (tertiary/aromatic N) is 1. The van der Waals surface area contributed by atoms with Crippen molar-refractivity contribution >= 4 is 18.7 Å². The normalized spacial score (nSPS) is 16.1. The van der Waals surface area contributed by atoms with E-state index < -0.39 is 12.5 Å². The van der Waals surface area contributed by atoms with Gasteiger partial charge in [-0.05, 0) is 36.4 Å². The van der Waals surface area contributed by atoms with Crippen LogP contribution in [0.5, 0.6) is 0 Å². The predicted molar refractivity (Wildman–Crippen MR) is 90.1 cm³/mol. The molecule has 3 rings (SSSR count). The molecule has 0 radical (unpaired) electrons. The lowest BCUT2D eigenvalue weighted by Gasteiger charge is -2.41. The van der Waals surface area contributed by atoms with Crippen LogP contribution in [0.15, 0.2) is 97.4 Å². The summed E-state index contributed by atoms with van der Waals surface area (Å²) in [5.41, 5.74) is 0. The van der Waals surface area contributed by atoms with E-state index in [4.69, 9.17) is 0 Å². The Hall–Kier alpha value is -1.99. The Labute approximate surface area is 126 Å². The molecular formula is C18H16NOP. The average Bonchev–Trinajstić information content (AvgIpc) is 2.75. The summed E-state index contributed by atoms with van der Waals surface area (Å²) < 4.78 is -0.462. The van der Waals surface area contributed by atoms with Crippen LogP contribution < -0.4 is 10.6 Å². The van der Waals surface area contributed by atoms with Gasteiger partial charge in [0.25, 0.3) is 0 Å². The van der Waals surface area contributed by atoms with Crippen LogP contribution in [0.3, 0.4) is 0 Å². The van der Waals surface area contributed by atoms with Gasteiger partial charge >= 0.3 is 0 Å². The van der Waals surface area contributed by atoms with Crippen LogP contribution in [0.4, 0.5) is 0 Å². The fourth-order valence-corrected chi connectivity index (χ4v) is 4.66. The van der Waals surface area contributed by atoms with Crippen LogP contribution in [-0.2, 0) is 0 Å². The molecule has 1 aliphatic heterocycles. The Morgan fingerprint density at radius 2 is 1.05 bits per heavy atom. The standard InChI is InChI=1S/C18H16NOP/c20-19(15-9-1-2-10-16-19)21(17-11-5-3-6-12-17)18-13-7-4-8-14-18/h1-16H. The molecule has 0 aliphatic carbocycles. The first-order valence-electron chi connectivity index (χ1n) is 6.83. The second kappa shape index (κ2) is 6.19. The van der Waals surface area contributed by atoms with Crippen molar-refractivity contribution < 1.29 is 4.42 Å². The molecule has 3 heteroatoms. The van der Waals surface area contributed by atoms with Crippen LogP contribution in [0.25, 0.3) is 0 Å². The lowest BCUT2D eigenvalue weighted by atomic mass is 10.4. The first kappa shape index (κ1) is 14.0. The van der Waals surface area contributed by atoms with E-state index >= 15 is 0 Å². The van der Waals surface area contributed by atoms with Gasteiger partial charge in [0, 0.05) is 10.6 Å². The molecule has 1 heterocycles. The Balaban J connectivity index is 2.13. The summed E-state index contributed by atoms with van der Waals surface area (Å²) in [6.07, 6.45) is 10.9. The van der Waals surface area contributed by atoms with Crippen LogP contribution in [0.2, 0.25) is 0 Å². The zero-order valence-electron chi connectivity index (χ0n) is 11.5. The zero-order valence-corrected chi connectivity index (χ0v) is 12.4. The number of hydrogen-bond acceptors (Lipinski definition) is 1. The smallest absolute Gasteiger partial charge is 0.178 e. The number of benzene rings is 2. The molecule has 0 fully saturated rings. The minimum absolute atomic E-state index is 0.462. The molecule has 21 heavy (non-hydrogen) atoms. The second-order valence-electron chi connectivity index (χ2n) is 4.72. The third-order valence-corrected chi connectivity index (χ3v) is 5.71. The summed E-state index contributed by atoms with van der Waals surface area (Å²) >= 11 is 0. The number of quaternary nitrogens is 1. The summed E-state index contributed by atoms with van der Waals surface area (Å²) in [5, 5.41) is 15.5. The Kier molecular flexibility index (Phi) is 4.12. The van der Waals surface area contributed by atoms with E-state index in [1.165, 1.54) is 0 Å². The maximum absolute atomic E-state index is 13.4. The van der Waals surface area contributed by atoms with Crippen LogP contribution in [-0.4, -0.2) is 4.42 Å². The number of hydroxylamine groups is 2.